The van der Waals surface area contributed by atoms with Gasteiger partial charge in [0.2, 0.25) is 0 Å². The van der Waals surface area contributed by atoms with Gasteiger partial charge in [-0.15, -0.1) is 0 Å². The second-order valence-electron chi connectivity index (χ2n) is 9.90. The zero-order chi connectivity index (χ0) is 25.5. The second-order valence-corrected chi connectivity index (χ2v) is 9.90. The molecule has 1 nitrogen and oxygen atoms in total. The quantitative estimate of drug-likeness (QED) is 0.240. The predicted molar refractivity (Wildman–Crippen MR) is 164 cm³/mol. The van der Waals surface area contributed by atoms with Gasteiger partial charge in [-0.25, -0.2) is 0 Å². The summed E-state index contributed by atoms with van der Waals surface area (Å²) in [6.45, 7) is 2.19. The third-order valence-electron chi connectivity index (χ3n) is 7.53. The smallest absolute Gasteiger partial charge is 0.0546 e. The van der Waals surface area contributed by atoms with E-state index < -0.39 is 0 Å². The average molecular weight is 486 g/mol. The Hall–Kier alpha value is -4.88. The Morgan fingerprint density at radius 2 is 1.00 bits per heavy atom. The number of anilines is 3. The average Bonchev–Trinajstić information content (AvgIpc) is 2.98. The molecule has 0 radical (unpaired) electrons. The lowest BCUT2D eigenvalue weighted by Gasteiger charge is -2.30. The highest BCUT2D eigenvalue weighted by molar-refractivity contribution is 6.07. The summed E-state index contributed by atoms with van der Waals surface area (Å²) < 4.78 is 0. The van der Waals surface area contributed by atoms with Gasteiger partial charge in [-0.2, -0.15) is 0 Å². The molecule has 7 rings (SSSR count). The molecule has 38 heavy (non-hydrogen) atoms. The van der Waals surface area contributed by atoms with Crippen molar-refractivity contribution in [2.45, 2.75) is 6.92 Å². The van der Waals surface area contributed by atoms with Crippen molar-refractivity contribution in [1.29, 1.82) is 0 Å². The van der Waals surface area contributed by atoms with Gasteiger partial charge >= 0.3 is 0 Å². The molecule has 0 amide bonds. The molecular weight excluding hydrogens is 458 g/mol. The molecule has 7 aromatic rings. The van der Waals surface area contributed by atoms with Crippen molar-refractivity contribution in [2.75, 3.05) is 4.90 Å². The SMILES string of the molecule is Cc1ccccc1N(c1ccc2ccccc2c1)c1ccc2ccccc2c1-c1ccc2ccccc2c1. The van der Waals surface area contributed by atoms with Gasteiger partial charge < -0.3 is 4.90 Å². The van der Waals surface area contributed by atoms with Gasteiger partial charge in [-0.05, 0) is 80.7 Å². The molecule has 7 aromatic carbocycles. The number of aryl methyl sites for hydroxylation is 1. The Labute approximate surface area is 223 Å². The molecule has 0 aromatic heterocycles. The molecular formula is C37H27N. The van der Waals surface area contributed by atoms with Crippen LogP contribution in [0.2, 0.25) is 0 Å². The number of para-hydroxylation sites is 1. The van der Waals surface area contributed by atoms with Gasteiger partial charge in [0.05, 0.1) is 5.69 Å². The standard InChI is InChI=1S/C37H27N/c1-26-10-2-9-17-35(26)38(33-22-20-28-12-4-6-15-31(28)25-33)36-23-21-29-13-7-8-16-34(29)37(36)32-19-18-27-11-3-5-14-30(27)24-32/h2-25H,1H3. The Balaban J connectivity index is 1.56. The van der Waals surface area contributed by atoms with E-state index in [1.807, 2.05) is 0 Å². The van der Waals surface area contributed by atoms with Crippen LogP contribution in [-0.4, -0.2) is 0 Å². The highest BCUT2D eigenvalue weighted by Crippen LogP contribution is 2.45. The largest absolute Gasteiger partial charge is 0.310 e. The minimum absolute atomic E-state index is 1.15. The summed E-state index contributed by atoms with van der Waals surface area (Å²) in [5, 5.41) is 7.47. The van der Waals surface area contributed by atoms with E-state index in [0.29, 0.717) is 0 Å². The van der Waals surface area contributed by atoms with Gasteiger partial charge in [0.25, 0.3) is 0 Å². The summed E-state index contributed by atoms with van der Waals surface area (Å²) in [5.74, 6) is 0. The molecule has 1 heteroatoms. The van der Waals surface area contributed by atoms with E-state index in [4.69, 9.17) is 0 Å². The summed E-state index contributed by atoms with van der Waals surface area (Å²) >= 11 is 0. The van der Waals surface area contributed by atoms with Gasteiger partial charge in [0, 0.05) is 16.9 Å². The first-order chi connectivity index (χ1) is 18.8. The van der Waals surface area contributed by atoms with Crippen LogP contribution >= 0.6 is 0 Å². The van der Waals surface area contributed by atoms with Crippen molar-refractivity contribution in [1.82, 2.24) is 0 Å². The van der Waals surface area contributed by atoms with E-state index >= 15 is 0 Å². The highest BCUT2D eigenvalue weighted by Gasteiger charge is 2.21. The second kappa shape index (κ2) is 9.21. The fourth-order valence-corrected chi connectivity index (χ4v) is 5.63. The molecule has 0 atom stereocenters. The Morgan fingerprint density at radius 1 is 0.421 bits per heavy atom. The summed E-state index contributed by atoms with van der Waals surface area (Å²) in [6, 6.07) is 52.7. The Morgan fingerprint density at radius 3 is 1.76 bits per heavy atom. The van der Waals surface area contributed by atoms with Gasteiger partial charge in [-0.3, -0.25) is 0 Å². The minimum atomic E-state index is 1.15. The molecule has 0 saturated carbocycles. The van der Waals surface area contributed by atoms with Gasteiger partial charge in [-0.1, -0.05) is 115 Å². The molecule has 0 N–H and O–H groups in total. The maximum Gasteiger partial charge on any atom is 0.0546 e. The Kier molecular flexibility index (Phi) is 5.41. The van der Waals surface area contributed by atoms with Crippen LogP contribution in [0, 0.1) is 6.92 Å². The number of hydrogen-bond acceptors (Lipinski definition) is 1. The monoisotopic (exact) mass is 485 g/mol. The molecule has 0 saturated heterocycles. The molecule has 0 aliphatic heterocycles. The Bertz CT molecular complexity index is 1950. The number of nitrogens with zero attached hydrogens (tertiary/aromatic N) is 1. The van der Waals surface area contributed by atoms with E-state index in [0.717, 1.165) is 5.69 Å². The van der Waals surface area contributed by atoms with Crippen LogP contribution < -0.4 is 4.90 Å². The first-order valence-corrected chi connectivity index (χ1v) is 13.1. The third kappa shape index (κ3) is 3.81. The van der Waals surface area contributed by atoms with E-state index in [9.17, 15) is 0 Å². The van der Waals surface area contributed by atoms with Crippen molar-refractivity contribution in [3.05, 3.63) is 151 Å². The number of rotatable bonds is 4. The lowest BCUT2D eigenvalue weighted by molar-refractivity contribution is 1.26. The van der Waals surface area contributed by atoms with Crippen LogP contribution in [0.3, 0.4) is 0 Å². The van der Waals surface area contributed by atoms with Crippen molar-refractivity contribution in [3.63, 3.8) is 0 Å². The molecule has 0 unspecified atom stereocenters. The summed E-state index contributed by atoms with van der Waals surface area (Å²) in [5.41, 5.74) is 7.19. The number of fused-ring (bicyclic) bond motifs is 3. The van der Waals surface area contributed by atoms with Crippen LogP contribution in [0.1, 0.15) is 5.56 Å². The van der Waals surface area contributed by atoms with E-state index in [1.165, 1.54) is 60.4 Å². The van der Waals surface area contributed by atoms with Crippen LogP contribution in [0.25, 0.3) is 43.4 Å². The summed E-state index contributed by atoms with van der Waals surface area (Å²) in [7, 11) is 0. The topological polar surface area (TPSA) is 3.24 Å². The van der Waals surface area contributed by atoms with E-state index in [-0.39, 0.29) is 0 Å². The summed E-state index contributed by atoms with van der Waals surface area (Å²) in [4.78, 5) is 2.43. The van der Waals surface area contributed by atoms with E-state index in [1.54, 1.807) is 0 Å². The summed E-state index contributed by atoms with van der Waals surface area (Å²) in [6.07, 6.45) is 0. The fourth-order valence-electron chi connectivity index (χ4n) is 5.63. The first kappa shape index (κ1) is 22.3. The van der Waals surface area contributed by atoms with Crippen molar-refractivity contribution >= 4 is 49.4 Å². The minimum Gasteiger partial charge on any atom is -0.310 e. The fraction of sp³-hybridized carbons (Fsp3) is 0.0270. The third-order valence-corrected chi connectivity index (χ3v) is 7.53. The van der Waals surface area contributed by atoms with Crippen molar-refractivity contribution in [2.24, 2.45) is 0 Å². The lowest BCUT2D eigenvalue weighted by Crippen LogP contribution is -2.12. The van der Waals surface area contributed by atoms with Crippen molar-refractivity contribution in [3.8, 4) is 11.1 Å². The molecule has 0 aliphatic carbocycles. The maximum absolute atomic E-state index is 2.43. The van der Waals surface area contributed by atoms with Crippen molar-refractivity contribution < 1.29 is 0 Å². The van der Waals surface area contributed by atoms with E-state index in [2.05, 4.69) is 157 Å². The molecule has 0 bridgehead atoms. The van der Waals surface area contributed by atoms with Gasteiger partial charge in [0.15, 0.2) is 0 Å². The van der Waals surface area contributed by atoms with Crippen LogP contribution in [0.5, 0.6) is 0 Å². The predicted octanol–water partition coefficient (Wildman–Crippen LogP) is 10.6. The van der Waals surface area contributed by atoms with Crippen LogP contribution in [0.4, 0.5) is 17.1 Å². The zero-order valence-corrected chi connectivity index (χ0v) is 21.3. The van der Waals surface area contributed by atoms with Crippen LogP contribution in [0.15, 0.2) is 146 Å². The normalized spacial score (nSPS) is 11.3. The molecule has 0 heterocycles. The van der Waals surface area contributed by atoms with Crippen LogP contribution in [-0.2, 0) is 0 Å². The first-order valence-electron chi connectivity index (χ1n) is 13.1. The maximum atomic E-state index is 2.43. The zero-order valence-electron chi connectivity index (χ0n) is 21.3. The van der Waals surface area contributed by atoms with Gasteiger partial charge in [0.1, 0.15) is 0 Å². The molecule has 0 spiro atoms. The highest BCUT2D eigenvalue weighted by atomic mass is 15.1. The molecule has 0 aliphatic rings. The number of benzene rings is 7. The molecule has 180 valence electrons. The number of hydrogen-bond donors (Lipinski definition) is 0. The molecule has 0 fully saturated rings. The lowest BCUT2D eigenvalue weighted by atomic mass is 9.93.